The molecule has 37 heavy (non-hydrogen) atoms. The minimum absolute atomic E-state index is 0.0614. The number of aryl methyl sites for hydroxylation is 1. The van der Waals surface area contributed by atoms with E-state index in [4.69, 9.17) is 16.3 Å². The van der Waals surface area contributed by atoms with Crippen molar-refractivity contribution in [1.29, 1.82) is 0 Å². The summed E-state index contributed by atoms with van der Waals surface area (Å²) in [7, 11) is -2.77. The van der Waals surface area contributed by atoms with Crippen LogP contribution in [0.15, 0.2) is 58.1 Å². The zero-order valence-corrected chi connectivity index (χ0v) is 20.6. The van der Waals surface area contributed by atoms with Gasteiger partial charge in [0.15, 0.2) is 11.2 Å². The van der Waals surface area contributed by atoms with Crippen LogP contribution in [0.1, 0.15) is 5.56 Å². The van der Waals surface area contributed by atoms with Gasteiger partial charge in [0.1, 0.15) is 11.5 Å². The van der Waals surface area contributed by atoms with Gasteiger partial charge in [0, 0.05) is 18.1 Å². The molecule has 0 unspecified atom stereocenters. The van der Waals surface area contributed by atoms with Gasteiger partial charge in [0.05, 0.1) is 12.8 Å². The summed E-state index contributed by atoms with van der Waals surface area (Å²) in [5.41, 5.74) is -1.85. The first-order valence-corrected chi connectivity index (χ1v) is 12.5. The third-order valence-corrected chi connectivity index (χ3v) is 5.64. The van der Waals surface area contributed by atoms with E-state index in [9.17, 15) is 31.2 Å². The van der Waals surface area contributed by atoms with Crippen molar-refractivity contribution in [2.45, 2.75) is 12.9 Å². The number of ether oxygens (including phenoxy) is 2. The summed E-state index contributed by atoms with van der Waals surface area (Å²) in [5.74, 6) is -0.675. The molecule has 0 saturated heterocycles. The highest BCUT2D eigenvalue weighted by Crippen LogP contribution is 2.30. The summed E-state index contributed by atoms with van der Waals surface area (Å²) in [6.45, 7) is -0.0614. The minimum Gasteiger partial charge on any atom is -0.425 e. The van der Waals surface area contributed by atoms with E-state index in [0.29, 0.717) is 15.3 Å². The molecule has 4 aromatic rings. The number of imidazole rings is 1. The maximum atomic E-state index is 13.3. The van der Waals surface area contributed by atoms with Crippen LogP contribution in [0.4, 0.5) is 13.2 Å². The molecule has 0 radical (unpaired) electrons. The number of nitrogens with zero attached hydrogens (tertiary/aromatic N) is 4. The number of benzene rings is 2. The molecule has 0 aliphatic carbocycles. The largest absolute Gasteiger partial charge is 0.573 e. The molecule has 2 heterocycles. The number of hydrogen-bond donors (Lipinski definition) is 1. The van der Waals surface area contributed by atoms with E-state index in [-0.39, 0.29) is 29.5 Å². The summed E-state index contributed by atoms with van der Waals surface area (Å²) in [5, 5.41) is 0.444. The van der Waals surface area contributed by atoms with Crippen molar-refractivity contribution < 1.29 is 31.1 Å². The van der Waals surface area contributed by atoms with Gasteiger partial charge >= 0.3 is 23.6 Å². The van der Waals surface area contributed by atoms with Crippen LogP contribution in [0.5, 0.6) is 17.5 Å². The highest BCUT2D eigenvalue weighted by atomic mass is 35.5. The van der Waals surface area contributed by atoms with E-state index in [2.05, 4.69) is 9.72 Å². The lowest BCUT2D eigenvalue weighted by atomic mass is 10.2. The molecule has 1 N–H and O–H groups in total. The van der Waals surface area contributed by atoms with Crippen LogP contribution in [-0.2, 0) is 23.6 Å². The maximum Gasteiger partial charge on any atom is 0.573 e. The normalized spacial score (nSPS) is 12.1. The average Bonchev–Trinajstić information content (AvgIpc) is 3.13. The van der Waals surface area contributed by atoms with Gasteiger partial charge in [-0.05, 0) is 29.8 Å². The number of aromatic nitrogens is 4. The van der Waals surface area contributed by atoms with Crippen molar-refractivity contribution in [3.63, 3.8) is 0 Å². The van der Waals surface area contributed by atoms with Crippen LogP contribution in [0.25, 0.3) is 11.2 Å². The lowest BCUT2D eigenvalue weighted by Gasteiger charge is -2.13. The second-order valence-corrected chi connectivity index (χ2v) is 9.91. The average molecular weight is 560 g/mol. The molecule has 0 amide bonds. The number of halogens is 4. The molecule has 11 nitrogen and oxygen atoms in total. The second kappa shape index (κ2) is 9.48. The topological polar surface area (TPSA) is 126 Å². The smallest absolute Gasteiger partial charge is 0.425 e. The van der Waals surface area contributed by atoms with Crippen LogP contribution in [0.3, 0.4) is 0 Å². The molecule has 0 atom stereocenters. The fourth-order valence-electron chi connectivity index (χ4n) is 3.38. The number of hydrogen-bond acceptors (Lipinski definition) is 7. The first-order valence-electron chi connectivity index (χ1n) is 10.2. The third-order valence-electron chi connectivity index (χ3n) is 4.88. The van der Waals surface area contributed by atoms with Gasteiger partial charge in [-0.3, -0.25) is 13.9 Å². The van der Waals surface area contributed by atoms with Gasteiger partial charge in [-0.2, -0.15) is 9.66 Å². The Hall–Kier alpha value is -3.98. The van der Waals surface area contributed by atoms with Crippen molar-refractivity contribution in [3.8, 4) is 17.5 Å². The molecule has 0 bridgehead atoms. The van der Waals surface area contributed by atoms with Crippen LogP contribution in [-0.4, -0.2) is 39.8 Å². The highest BCUT2D eigenvalue weighted by Gasteiger charge is 2.31. The van der Waals surface area contributed by atoms with Crippen LogP contribution < -0.4 is 25.6 Å². The van der Waals surface area contributed by atoms with Gasteiger partial charge in [0.25, 0.3) is 0 Å². The summed E-state index contributed by atoms with van der Waals surface area (Å²) < 4.78 is 73.6. The molecular formula is C21H17ClF3N5O6S. The molecule has 196 valence electrons. The molecule has 2 aromatic carbocycles. The van der Waals surface area contributed by atoms with E-state index in [1.807, 2.05) is 4.83 Å². The second-order valence-electron chi connectivity index (χ2n) is 7.75. The Bertz CT molecular complexity index is 1710. The Morgan fingerprint density at radius 1 is 1.08 bits per heavy atom. The molecule has 0 aliphatic rings. The van der Waals surface area contributed by atoms with E-state index in [1.54, 1.807) is 24.3 Å². The van der Waals surface area contributed by atoms with Crippen LogP contribution in [0.2, 0.25) is 5.02 Å². The van der Waals surface area contributed by atoms with Crippen molar-refractivity contribution in [2.24, 2.45) is 7.05 Å². The van der Waals surface area contributed by atoms with E-state index >= 15 is 0 Å². The molecule has 16 heteroatoms. The zero-order chi connectivity index (χ0) is 27.1. The van der Waals surface area contributed by atoms with Crippen molar-refractivity contribution in [1.82, 2.24) is 18.8 Å². The van der Waals surface area contributed by atoms with E-state index in [1.165, 1.54) is 23.7 Å². The number of rotatable bonds is 7. The Labute approximate surface area is 211 Å². The van der Waals surface area contributed by atoms with Gasteiger partial charge < -0.3 is 9.47 Å². The monoisotopic (exact) mass is 559 g/mol. The maximum absolute atomic E-state index is 13.3. The Balaban J connectivity index is 1.91. The fourth-order valence-corrected chi connectivity index (χ4v) is 4.00. The molecular weight excluding hydrogens is 543 g/mol. The van der Waals surface area contributed by atoms with Crippen LogP contribution in [0, 0.1) is 0 Å². The number of nitrogens with one attached hydrogen (secondary N) is 1. The number of fused-ring (bicyclic) bond motifs is 1. The Morgan fingerprint density at radius 3 is 2.35 bits per heavy atom. The van der Waals surface area contributed by atoms with Gasteiger partial charge in [-0.25, -0.2) is 18.0 Å². The van der Waals surface area contributed by atoms with Crippen molar-refractivity contribution >= 4 is 32.8 Å². The number of alkyl halides is 3. The third kappa shape index (κ3) is 5.89. The molecule has 2 aromatic heterocycles. The summed E-state index contributed by atoms with van der Waals surface area (Å²) >= 11 is 5.94. The standard InChI is InChI=1S/C21H17ClF3N5O6S/c1-28-17-16(18(31)30(20(28)32)27-37(2,33)34)29(11-12-6-8-13(22)9-7-12)19(26-17)35-14-4-3-5-15(10-14)36-21(23,24)25/h3-10,27H,11H2,1-2H3. The van der Waals surface area contributed by atoms with E-state index in [0.717, 1.165) is 23.0 Å². The zero-order valence-electron chi connectivity index (χ0n) is 19.0. The Morgan fingerprint density at radius 2 is 1.73 bits per heavy atom. The summed E-state index contributed by atoms with van der Waals surface area (Å²) in [4.78, 5) is 32.0. The first kappa shape index (κ1) is 26.1. The van der Waals surface area contributed by atoms with Gasteiger partial charge in [0.2, 0.25) is 10.0 Å². The predicted octanol–water partition coefficient (Wildman–Crippen LogP) is 2.79. The highest BCUT2D eigenvalue weighted by molar-refractivity contribution is 7.91. The van der Waals surface area contributed by atoms with Gasteiger partial charge in [-0.1, -0.05) is 29.8 Å². The predicted molar refractivity (Wildman–Crippen MR) is 127 cm³/mol. The van der Waals surface area contributed by atoms with Gasteiger partial charge in [-0.15, -0.1) is 13.2 Å². The number of sulfonamides is 1. The molecule has 4 rings (SSSR count). The van der Waals surface area contributed by atoms with Crippen molar-refractivity contribution in [3.05, 3.63) is 80.0 Å². The molecule has 0 saturated carbocycles. The Kier molecular flexibility index (Phi) is 6.68. The lowest BCUT2D eigenvalue weighted by Crippen LogP contribution is -2.46. The lowest BCUT2D eigenvalue weighted by molar-refractivity contribution is -0.274. The summed E-state index contributed by atoms with van der Waals surface area (Å²) in [6.07, 6.45) is -4.17. The molecule has 0 aliphatic heterocycles. The molecule has 0 fully saturated rings. The van der Waals surface area contributed by atoms with Crippen molar-refractivity contribution in [2.75, 3.05) is 11.1 Å². The van der Waals surface area contributed by atoms with Crippen LogP contribution >= 0.6 is 11.6 Å². The minimum atomic E-state index is -4.93. The summed E-state index contributed by atoms with van der Waals surface area (Å²) in [6, 6.07) is 10.8. The first-order chi connectivity index (χ1) is 17.2. The van der Waals surface area contributed by atoms with E-state index < -0.39 is 33.4 Å². The SMILES string of the molecule is Cn1c(=O)n(NS(C)(=O)=O)c(=O)c2c1nc(Oc1cccc(OC(F)(F)F)c1)n2Cc1ccc(Cl)cc1. The quantitative estimate of drug-likeness (QED) is 0.369. The fraction of sp³-hybridized carbons (Fsp3) is 0.190. The molecule has 0 spiro atoms.